The van der Waals surface area contributed by atoms with Crippen LogP contribution in [-0.2, 0) is 0 Å². The minimum Gasteiger partial charge on any atom is -0.200 e. The highest BCUT2D eigenvalue weighted by Gasteiger charge is 2.90. The van der Waals surface area contributed by atoms with Gasteiger partial charge in [0.05, 0.1) is 0 Å². The lowest BCUT2D eigenvalue weighted by Gasteiger charge is -2.41. The van der Waals surface area contributed by atoms with Gasteiger partial charge in [0.25, 0.3) is 0 Å². The van der Waals surface area contributed by atoms with Crippen LogP contribution in [0.2, 0.25) is 0 Å². The first-order valence-corrected chi connectivity index (χ1v) is 8.30. The monoisotopic (exact) mass is 544 g/mol. The molecule has 0 saturated carbocycles. The Balaban J connectivity index is 6.23. The van der Waals surface area contributed by atoms with E-state index in [0.29, 0.717) is 0 Å². The number of rotatable bonds is 9. The molecule has 0 N–H and O–H groups in total. The molecule has 0 aliphatic heterocycles. The average molecular weight is 544 g/mol. The maximum atomic E-state index is 13.8. The van der Waals surface area contributed by atoms with Crippen LogP contribution in [-0.4, -0.2) is 39.2 Å². The van der Waals surface area contributed by atoms with Gasteiger partial charge < -0.3 is 0 Å². The summed E-state index contributed by atoms with van der Waals surface area (Å²) in [6, 6.07) is 0. The smallest absolute Gasteiger partial charge is 0.200 e. The van der Waals surface area contributed by atoms with Crippen LogP contribution in [0.15, 0.2) is 0 Å². The number of hydrogen-bond acceptors (Lipinski definition) is 0. The fourth-order valence-corrected chi connectivity index (χ4v) is 3.17. The second kappa shape index (κ2) is 7.58. The van der Waals surface area contributed by atoms with Crippen LogP contribution in [0.25, 0.3) is 0 Å². The van der Waals surface area contributed by atoms with Crippen molar-refractivity contribution in [1.29, 1.82) is 0 Å². The van der Waals surface area contributed by atoms with Crippen molar-refractivity contribution in [2.24, 2.45) is 0 Å². The molecule has 0 aromatic carbocycles. The fraction of sp³-hybridized carbons (Fsp3) is 1.00. The lowest BCUT2D eigenvalue weighted by molar-refractivity contribution is -0.440. The Morgan fingerprint density at radius 2 is 0.963 bits per heavy atom. The van der Waals surface area contributed by atoms with Crippen LogP contribution < -0.4 is 0 Å². The summed E-state index contributed by atoms with van der Waals surface area (Å²) in [6.45, 7) is 2.60. The number of alkyl halides is 14. The summed E-state index contributed by atoms with van der Waals surface area (Å²) < 4.78 is 167. The van der Waals surface area contributed by atoms with Crippen LogP contribution in [0.1, 0.15) is 39.5 Å². The van der Waals surface area contributed by atoms with Gasteiger partial charge in [-0.1, -0.05) is 42.9 Å². The summed E-state index contributed by atoms with van der Waals surface area (Å²) >= 11 is 1.21. The van der Waals surface area contributed by atoms with Crippen molar-refractivity contribution in [3.63, 3.8) is 0 Å². The third-order valence-electron chi connectivity index (χ3n) is 3.87. The molecule has 0 saturated heterocycles. The summed E-state index contributed by atoms with van der Waals surface area (Å²) in [6.07, 6.45) is -9.99. The van der Waals surface area contributed by atoms with Gasteiger partial charge >= 0.3 is 35.8 Å². The molecule has 1 unspecified atom stereocenters. The molecule has 0 rings (SSSR count). The van der Waals surface area contributed by atoms with Gasteiger partial charge in [0.1, 0.15) is 0 Å². The Bertz CT molecular complexity index is 511. The standard InChI is InChI=1S/C13H14F13I/c1-3-5-7(27,4-2)6-8(14,15)9(16,17)10(18,19)11(20,21)12(22,23)13(24,25)26/h3-6H2,1-2H3. The fourth-order valence-electron chi connectivity index (χ4n) is 2.15. The van der Waals surface area contributed by atoms with E-state index >= 15 is 0 Å². The molecule has 14 heteroatoms. The Kier molecular flexibility index (Phi) is 7.53. The van der Waals surface area contributed by atoms with Crippen molar-refractivity contribution in [3.8, 4) is 0 Å². The third kappa shape index (κ3) is 4.38. The Morgan fingerprint density at radius 1 is 0.593 bits per heavy atom. The number of hydrogen-bond donors (Lipinski definition) is 0. The molecule has 0 heterocycles. The Hall–Kier alpha value is -0.180. The maximum absolute atomic E-state index is 13.8. The molecule has 0 aromatic heterocycles. The van der Waals surface area contributed by atoms with Crippen molar-refractivity contribution < 1.29 is 57.1 Å². The van der Waals surface area contributed by atoms with Gasteiger partial charge in [0.2, 0.25) is 0 Å². The van der Waals surface area contributed by atoms with Gasteiger partial charge in [0.15, 0.2) is 0 Å². The molecule has 0 aromatic rings. The lowest BCUT2D eigenvalue weighted by Crippen LogP contribution is -2.70. The quantitative estimate of drug-likeness (QED) is 0.160. The van der Waals surface area contributed by atoms with Crippen LogP contribution in [0.4, 0.5) is 57.1 Å². The predicted molar refractivity (Wildman–Crippen MR) is 77.4 cm³/mol. The molecule has 164 valence electrons. The molecule has 0 aliphatic rings. The molecule has 1 atom stereocenters. The molecule has 27 heavy (non-hydrogen) atoms. The molecule has 0 amide bonds. The van der Waals surface area contributed by atoms with Gasteiger partial charge in [-0.25, -0.2) is 0 Å². The summed E-state index contributed by atoms with van der Waals surface area (Å²) in [5, 5.41) is 0. The topological polar surface area (TPSA) is 0 Å². The zero-order chi connectivity index (χ0) is 22.3. The van der Waals surface area contributed by atoms with Crippen molar-refractivity contribution in [3.05, 3.63) is 0 Å². The summed E-state index contributed by atoms with van der Waals surface area (Å²) in [5.74, 6) is -36.4. The second-order valence-corrected chi connectivity index (χ2v) is 8.22. The van der Waals surface area contributed by atoms with E-state index in [-0.39, 0.29) is 19.3 Å². The van der Waals surface area contributed by atoms with E-state index in [0.717, 1.165) is 0 Å². The highest BCUT2D eigenvalue weighted by Crippen LogP contribution is 2.61. The predicted octanol–water partition coefficient (Wildman–Crippen LogP) is 7.50. The van der Waals surface area contributed by atoms with Gasteiger partial charge in [-0.15, -0.1) is 0 Å². The van der Waals surface area contributed by atoms with Crippen molar-refractivity contribution >= 4 is 22.6 Å². The minimum atomic E-state index is -7.84. The van der Waals surface area contributed by atoms with E-state index in [2.05, 4.69) is 0 Å². The van der Waals surface area contributed by atoms with Crippen LogP contribution >= 0.6 is 22.6 Å². The van der Waals surface area contributed by atoms with Gasteiger partial charge in [-0.3, -0.25) is 0 Å². The van der Waals surface area contributed by atoms with Gasteiger partial charge in [-0.2, -0.15) is 57.1 Å². The van der Waals surface area contributed by atoms with Crippen LogP contribution in [0.5, 0.6) is 0 Å². The Morgan fingerprint density at radius 3 is 1.26 bits per heavy atom. The highest BCUT2D eigenvalue weighted by atomic mass is 127. The first-order chi connectivity index (χ1) is 11.6. The molecule has 0 nitrogen and oxygen atoms in total. The van der Waals surface area contributed by atoms with Gasteiger partial charge in [0, 0.05) is 9.84 Å². The highest BCUT2D eigenvalue weighted by molar-refractivity contribution is 14.1. The number of halogens is 14. The molecule has 0 bridgehead atoms. The second-order valence-electron chi connectivity index (χ2n) is 5.93. The van der Waals surface area contributed by atoms with Crippen molar-refractivity contribution in [2.45, 2.75) is 78.7 Å². The van der Waals surface area contributed by atoms with E-state index in [4.69, 9.17) is 0 Å². The van der Waals surface area contributed by atoms with Gasteiger partial charge in [-0.05, 0) is 12.8 Å². The summed E-state index contributed by atoms with van der Waals surface area (Å²) in [4.78, 5) is 0. The molecule has 0 spiro atoms. The SMILES string of the molecule is CCCC(I)(CC)CC(F)(F)C(F)(F)C(F)(F)C(F)(F)C(F)(F)C(F)(F)F. The van der Waals surface area contributed by atoms with Crippen molar-refractivity contribution in [2.75, 3.05) is 0 Å². The van der Waals surface area contributed by atoms with E-state index < -0.39 is 45.6 Å². The zero-order valence-corrected chi connectivity index (χ0v) is 15.8. The molecule has 0 aliphatic carbocycles. The summed E-state index contributed by atoms with van der Waals surface area (Å²) in [7, 11) is 0. The third-order valence-corrected chi connectivity index (χ3v) is 5.55. The first-order valence-electron chi connectivity index (χ1n) is 7.22. The maximum Gasteiger partial charge on any atom is 0.460 e. The first kappa shape index (κ1) is 26.8. The van der Waals surface area contributed by atoms with Crippen LogP contribution in [0, 0.1) is 0 Å². The minimum absolute atomic E-state index is 0.0944. The van der Waals surface area contributed by atoms with E-state index in [1.54, 1.807) is 0 Å². The lowest BCUT2D eigenvalue weighted by atomic mass is 9.86. The Labute approximate surface area is 159 Å². The summed E-state index contributed by atoms with van der Waals surface area (Å²) in [5.41, 5.74) is 0. The van der Waals surface area contributed by atoms with E-state index in [9.17, 15) is 57.1 Å². The van der Waals surface area contributed by atoms with E-state index in [1.807, 2.05) is 0 Å². The zero-order valence-electron chi connectivity index (χ0n) is 13.6. The molecular formula is C13H14F13I. The normalized spacial score (nSPS) is 17.8. The largest absolute Gasteiger partial charge is 0.460 e. The average Bonchev–Trinajstić information content (AvgIpc) is 2.44. The molecular weight excluding hydrogens is 530 g/mol. The molecule has 0 radical (unpaired) electrons. The van der Waals surface area contributed by atoms with Crippen LogP contribution in [0.3, 0.4) is 0 Å². The van der Waals surface area contributed by atoms with Crippen molar-refractivity contribution in [1.82, 2.24) is 0 Å². The van der Waals surface area contributed by atoms with E-state index in [1.165, 1.54) is 36.4 Å². The molecule has 0 fully saturated rings.